The molecule has 0 atom stereocenters. The Hall–Kier alpha value is -2.28. The summed E-state index contributed by atoms with van der Waals surface area (Å²) < 4.78 is 5.25. The Morgan fingerprint density at radius 1 is 1.22 bits per heavy atom. The molecular formula is C16H18N4O2S. The maximum absolute atomic E-state index is 12.7. The van der Waals surface area contributed by atoms with Gasteiger partial charge in [-0.25, -0.2) is 9.97 Å². The van der Waals surface area contributed by atoms with E-state index in [1.807, 2.05) is 27.7 Å². The van der Waals surface area contributed by atoms with Crippen LogP contribution in [0.1, 0.15) is 52.1 Å². The number of aryl methyl sites for hydroxylation is 3. The summed E-state index contributed by atoms with van der Waals surface area (Å²) in [5, 5.41) is 8.04. The molecule has 3 rings (SSSR count). The Labute approximate surface area is 137 Å². The molecule has 0 spiro atoms. The topological polar surface area (TPSA) is 80.9 Å². The molecule has 0 aliphatic rings. The highest BCUT2D eigenvalue weighted by Gasteiger charge is 2.20. The van der Waals surface area contributed by atoms with Crippen LogP contribution in [0, 0.1) is 20.8 Å². The predicted octanol–water partition coefficient (Wildman–Crippen LogP) is 3.98. The number of carbonyl (C=O) groups is 1. The van der Waals surface area contributed by atoms with Gasteiger partial charge in [0.05, 0.1) is 22.3 Å². The second kappa shape index (κ2) is 5.73. The fourth-order valence-corrected chi connectivity index (χ4v) is 3.09. The summed E-state index contributed by atoms with van der Waals surface area (Å²) in [4.78, 5) is 22.6. The summed E-state index contributed by atoms with van der Waals surface area (Å²) >= 11 is 1.46. The lowest BCUT2D eigenvalue weighted by Crippen LogP contribution is -2.13. The number of fused-ring (bicyclic) bond motifs is 1. The van der Waals surface area contributed by atoms with Gasteiger partial charge in [-0.05, 0) is 32.8 Å². The first-order valence-electron chi connectivity index (χ1n) is 7.39. The molecule has 0 fully saturated rings. The Morgan fingerprint density at radius 2 is 1.96 bits per heavy atom. The van der Waals surface area contributed by atoms with Gasteiger partial charge in [-0.1, -0.05) is 19.0 Å². The molecular weight excluding hydrogens is 312 g/mol. The SMILES string of the molecule is Cc1nc(NC(=O)c2cc(C(C)C)nc3onc(C)c23)sc1C. The van der Waals surface area contributed by atoms with E-state index in [2.05, 4.69) is 20.4 Å². The van der Waals surface area contributed by atoms with Crippen LogP contribution in [0.3, 0.4) is 0 Å². The quantitative estimate of drug-likeness (QED) is 0.785. The highest BCUT2D eigenvalue weighted by atomic mass is 32.1. The number of amides is 1. The standard InChI is InChI=1S/C16H18N4O2S/c1-7(2)12-6-11(13-9(4)20-22-15(13)18-12)14(21)19-16-17-8(3)10(5)23-16/h6-7H,1-5H3,(H,17,19,21). The van der Waals surface area contributed by atoms with Gasteiger partial charge in [0.2, 0.25) is 0 Å². The van der Waals surface area contributed by atoms with E-state index < -0.39 is 0 Å². The lowest BCUT2D eigenvalue weighted by molar-refractivity contribution is 0.102. The molecule has 3 aromatic rings. The zero-order chi connectivity index (χ0) is 16.7. The third kappa shape index (κ3) is 2.84. The zero-order valence-electron chi connectivity index (χ0n) is 13.7. The molecule has 0 saturated heterocycles. The van der Waals surface area contributed by atoms with Gasteiger partial charge >= 0.3 is 0 Å². The number of pyridine rings is 1. The van der Waals surface area contributed by atoms with E-state index in [9.17, 15) is 4.79 Å². The van der Waals surface area contributed by atoms with Gasteiger partial charge in [0.15, 0.2) is 5.13 Å². The number of thiazole rings is 1. The highest BCUT2D eigenvalue weighted by Crippen LogP contribution is 2.27. The van der Waals surface area contributed by atoms with Crippen molar-refractivity contribution in [1.29, 1.82) is 0 Å². The summed E-state index contributed by atoms with van der Waals surface area (Å²) in [5.74, 6) is -0.0416. The molecule has 7 heteroatoms. The van der Waals surface area contributed by atoms with Crippen LogP contribution in [0.2, 0.25) is 0 Å². The average Bonchev–Trinajstić information content (AvgIpc) is 3.01. The van der Waals surface area contributed by atoms with Gasteiger partial charge in [0.1, 0.15) is 0 Å². The summed E-state index contributed by atoms with van der Waals surface area (Å²) in [5.41, 5.74) is 3.28. The second-order valence-electron chi connectivity index (χ2n) is 5.81. The summed E-state index contributed by atoms with van der Waals surface area (Å²) in [6.07, 6.45) is 0. The molecule has 0 bridgehead atoms. The maximum Gasteiger partial charge on any atom is 0.259 e. The van der Waals surface area contributed by atoms with Gasteiger partial charge in [-0.3, -0.25) is 10.1 Å². The number of carbonyl (C=O) groups excluding carboxylic acids is 1. The fourth-order valence-electron chi connectivity index (χ4n) is 2.28. The van der Waals surface area contributed by atoms with Crippen LogP contribution < -0.4 is 5.32 Å². The van der Waals surface area contributed by atoms with E-state index in [0.717, 1.165) is 16.3 Å². The number of hydrogen-bond acceptors (Lipinski definition) is 6. The van der Waals surface area contributed by atoms with Crippen molar-refractivity contribution < 1.29 is 9.32 Å². The number of nitrogens with zero attached hydrogens (tertiary/aromatic N) is 3. The molecule has 3 aromatic heterocycles. The van der Waals surface area contributed by atoms with Gasteiger partial charge in [0.25, 0.3) is 11.6 Å². The minimum absolute atomic E-state index is 0.181. The molecule has 120 valence electrons. The van der Waals surface area contributed by atoms with Crippen molar-refractivity contribution in [2.75, 3.05) is 5.32 Å². The van der Waals surface area contributed by atoms with Crippen LogP contribution in [0.25, 0.3) is 11.1 Å². The van der Waals surface area contributed by atoms with Crippen molar-refractivity contribution in [2.45, 2.75) is 40.5 Å². The summed E-state index contributed by atoms with van der Waals surface area (Å²) in [6, 6.07) is 1.81. The van der Waals surface area contributed by atoms with Gasteiger partial charge < -0.3 is 4.52 Å². The molecule has 0 aliphatic carbocycles. The molecule has 1 N–H and O–H groups in total. The first-order chi connectivity index (χ1) is 10.9. The van der Waals surface area contributed by atoms with Crippen molar-refractivity contribution in [2.24, 2.45) is 0 Å². The Bertz CT molecular complexity index is 876. The third-order valence-corrected chi connectivity index (χ3v) is 4.71. The minimum atomic E-state index is -0.223. The molecule has 6 nitrogen and oxygen atoms in total. The van der Waals surface area contributed by atoms with Crippen LogP contribution >= 0.6 is 11.3 Å². The molecule has 3 heterocycles. The molecule has 0 radical (unpaired) electrons. The second-order valence-corrected chi connectivity index (χ2v) is 7.02. The minimum Gasteiger partial charge on any atom is -0.336 e. The molecule has 0 unspecified atom stereocenters. The fraction of sp³-hybridized carbons (Fsp3) is 0.375. The van der Waals surface area contributed by atoms with Gasteiger partial charge in [0, 0.05) is 10.6 Å². The van der Waals surface area contributed by atoms with Crippen molar-refractivity contribution in [3.8, 4) is 0 Å². The number of rotatable bonds is 3. The van der Waals surface area contributed by atoms with E-state index in [-0.39, 0.29) is 11.8 Å². The number of nitrogens with one attached hydrogen (secondary N) is 1. The molecule has 0 aromatic carbocycles. The smallest absolute Gasteiger partial charge is 0.259 e. The van der Waals surface area contributed by atoms with E-state index in [1.54, 1.807) is 13.0 Å². The Morgan fingerprint density at radius 3 is 2.57 bits per heavy atom. The number of anilines is 1. The molecule has 1 amide bonds. The molecule has 0 saturated carbocycles. The van der Waals surface area contributed by atoms with Crippen LogP contribution in [0.15, 0.2) is 10.6 Å². The first kappa shape index (κ1) is 15.6. The monoisotopic (exact) mass is 330 g/mol. The predicted molar refractivity (Wildman–Crippen MR) is 90.2 cm³/mol. The molecule has 23 heavy (non-hydrogen) atoms. The summed E-state index contributed by atoms with van der Waals surface area (Å²) in [6.45, 7) is 9.75. The average molecular weight is 330 g/mol. The number of aromatic nitrogens is 3. The third-order valence-electron chi connectivity index (χ3n) is 3.72. The van der Waals surface area contributed by atoms with E-state index in [1.165, 1.54) is 11.3 Å². The summed E-state index contributed by atoms with van der Waals surface area (Å²) in [7, 11) is 0. The highest BCUT2D eigenvalue weighted by molar-refractivity contribution is 7.15. The van der Waals surface area contributed by atoms with Crippen molar-refractivity contribution in [1.82, 2.24) is 15.1 Å². The zero-order valence-corrected chi connectivity index (χ0v) is 14.5. The maximum atomic E-state index is 12.7. The molecule has 0 aliphatic heterocycles. The van der Waals surface area contributed by atoms with Crippen molar-refractivity contribution >= 4 is 33.5 Å². The van der Waals surface area contributed by atoms with Crippen molar-refractivity contribution in [3.05, 3.63) is 33.6 Å². The normalized spacial score (nSPS) is 11.4. The van der Waals surface area contributed by atoms with E-state index in [4.69, 9.17) is 4.52 Å². The van der Waals surface area contributed by atoms with Crippen LogP contribution in [0.4, 0.5) is 5.13 Å². The lowest BCUT2D eigenvalue weighted by atomic mass is 10.0. The van der Waals surface area contributed by atoms with Gasteiger partial charge in [-0.2, -0.15) is 0 Å². The largest absolute Gasteiger partial charge is 0.336 e. The van der Waals surface area contributed by atoms with E-state index >= 15 is 0 Å². The first-order valence-corrected chi connectivity index (χ1v) is 8.20. The Balaban J connectivity index is 2.06. The Kier molecular flexibility index (Phi) is 3.89. The van der Waals surface area contributed by atoms with Crippen molar-refractivity contribution in [3.63, 3.8) is 0 Å². The number of hydrogen-bond donors (Lipinski definition) is 1. The lowest BCUT2D eigenvalue weighted by Gasteiger charge is -2.08. The van der Waals surface area contributed by atoms with Gasteiger partial charge in [-0.15, -0.1) is 11.3 Å². The van der Waals surface area contributed by atoms with Crippen LogP contribution in [0.5, 0.6) is 0 Å². The van der Waals surface area contributed by atoms with Crippen LogP contribution in [-0.2, 0) is 0 Å². The van der Waals surface area contributed by atoms with Crippen LogP contribution in [-0.4, -0.2) is 21.0 Å². The van der Waals surface area contributed by atoms with E-state index in [0.29, 0.717) is 27.5 Å².